The van der Waals surface area contributed by atoms with Crippen molar-refractivity contribution in [2.45, 2.75) is 11.3 Å². The molecule has 0 bridgehead atoms. The lowest BCUT2D eigenvalue weighted by Crippen LogP contribution is -2.21. The van der Waals surface area contributed by atoms with E-state index in [1.54, 1.807) is 12.1 Å². The Kier molecular flexibility index (Phi) is 6.06. The van der Waals surface area contributed by atoms with Crippen molar-refractivity contribution in [3.8, 4) is 0 Å². The molecule has 0 aliphatic carbocycles. The molecule has 1 rings (SSSR count). The number of hydrogen-bond acceptors (Lipinski definition) is 5. The van der Waals surface area contributed by atoms with Gasteiger partial charge in [-0.1, -0.05) is 0 Å². The highest BCUT2D eigenvalue weighted by atomic mass is 32.2. The molecule has 1 aromatic carbocycles. The van der Waals surface area contributed by atoms with Crippen LogP contribution < -0.4 is 10.6 Å². The van der Waals surface area contributed by atoms with E-state index in [4.69, 9.17) is 9.66 Å². The standard InChI is InChI=1S/C11H18N2O4S/c14-9-8-12-6-1-7-13-10-2-4-11(5-3-10)18(15,16)17/h2-5,12-14H,1,6-9H2,(H,15,16,17). The zero-order valence-corrected chi connectivity index (χ0v) is 10.8. The molecular weight excluding hydrogens is 256 g/mol. The molecule has 7 heteroatoms. The second-order valence-electron chi connectivity index (χ2n) is 3.75. The van der Waals surface area contributed by atoms with Crippen LogP contribution in [-0.4, -0.2) is 44.3 Å². The average Bonchev–Trinajstić information content (AvgIpc) is 2.33. The van der Waals surface area contributed by atoms with Gasteiger partial charge < -0.3 is 15.7 Å². The van der Waals surface area contributed by atoms with Crippen LogP contribution in [-0.2, 0) is 10.1 Å². The van der Waals surface area contributed by atoms with Crippen molar-refractivity contribution in [3.05, 3.63) is 24.3 Å². The first-order chi connectivity index (χ1) is 8.54. The van der Waals surface area contributed by atoms with E-state index in [0.29, 0.717) is 6.54 Å². The fraction of sp³-hybridized carbons (Fsp3) is 0.455. The Bertz CT molecular complexity index is 445. The SMILES string of the molecule is O=S(=O)(O)c1ccc(NCCCNCCO)cc1. The minimum absolute atomic E-state index is 0.113. The van der Waals surface area contributed by atoms with Gasteiger partial charge in [-0.25, -0.2) is 0 Å². The number of aliphatic hydroxyl groups excluding tert-OH is 1. The maximum atomic E-state index is 10.8. The third-order valence-electron chi connectivity index (χ3n) is 2.30. The lowest BCUT2D eigenvalue weighted by atomic mass is 10.3. The zero-order valence-electron chi connectivity index (χ0n) is 9.96. The Morgan fingerprint density at radius 2 is 1.72 bits per heavy atom. The van der Waals surface area contributed by atoms with E-state index in [2.05, 4.69) is 10.6 Å². The Balaban J connectivity index is 2.32. The van der Waals surface area contributed by atoms with E-state index < -0.39 is 10.1 Å². The number of benzene rings is 1. The maximum absolute atomic E-state index is 10.8. The number of hydrogen-bond donors (Lipinski definition) is 4. The molecule has 0 amide bonds. The van der Waals surface area contributed by atoms with Crippen LogP contribution in [0.1, 0.15) is 6.42 Å². The maximum Gasteiger partial charge on any atom is 0.294 e. The summed E-state index contributed by atoms with van der Waals surface area (Å²) >= 11 is 0. The van der Waals surface area contributed by atoms with E-state index in [9.17, 15) is 8.42 Å². The van der Waals surface area contributed by atoms with Gasteiger partial charge >= 0.3 is 0 Å². The van der Waals surface area contributed by atoms with Crippen LogP contribution in [0.15, 0.2) is 29.2 Å². The first kappa shape index (κ1) is 14.9. The molecule has 0 aliphatic heterocycles. The first-order valence-corrected chi connectivity index (χ1v) is 7.11. The monoisotopic (exact) mass is 274 g/mol. The van der Waals surface area contributed by atoms with Crippen molar-refractivity contribution >= 4 is 15.8 Å². The first-order valence-electron chi connectivity index (χ1n) is 5.67. The largest absolute Gasteiger partial charge is 0.395 e. The molecule has 0 atom stereocenters. The van der Waals surface area contributed by atoms with Crippen LogP contribution in [0.3, 0.4) is 0 Å². The fourth-order valence-corrected chi connectivity index (χ4v) is 1.87. The van der Waals surface area contributed by atoms with Crippen LogP contribution in [0, 0.1) is 0 Å². The molecule has 6 nitrogen and oxygen atoms in total. The summed E-state index contributed by atoms with van der Waals surface area (Å²) in [5.74, 6) is 0. The lowest BCUT2D eigenvalue weighted by Gasteiger charge is -2.07. The van der Waals surface area contributed by atoms with Crippen LogP contribution in [0.2, 0.25) is 0 Å². The second-order valence-corrected chi connectivity index (χ2v) is 5.17. The van der Waals surface area contributed by atoms with E-state index in [0.717, 1.165) is 25.2 Å². The van der Waals surface area contributed by atoms with Crippen molar-refractivity contribution in [2.24, 2.45) is 0 Å². The molecular formula is C11H18N2O4S. The summed E-state index contributed by atoms with van der Waals surface area (Å²) in [4.78, 5) is -0.113. The third-order valence-corrected chi connectivity index (χ3v) is 3.17. The number of aliphatic hydroxyl groups is 1. The van der Waals surface area contributed by atoms with Crippen LogP contribution >= 0.6 is 0 Å². The van der Waals surface area contributed by atoms with Gasteiger partial charge in [0.1, 0.15) is 0 Å². The minimum Gasteiger partial charge on any atom is -0.395 e. The van der Waals surface area contributed by atoms with Gasteiger partial charge in [0.25, 0.3) is 10.1 Å². The Hall–Kier alpha value is -1.15. The van der Waals surface area contributed by atoms with Gasteiger partial charge in [0.2, 0.25) is 0 Å². The molecule has 0 radical (unpaired) electrons. The summed E-state index contributed by atoms with van der Waals surface area (Å²) in [6.07, 6.45) is 0.889. The van der Waals surface area contributed by atoms with Crippen LogP contribution in [0.5, 0.6) is 0 Å². The molecule has 0 saturated carbocycles. The second kappa shape index (κ2) is 7.32. The predicted molar refractivity (Wildman–Crippen MR) is 69.3 cm³/mol. The molecule has 0 saturated heterocycles. The molecule has 0 spiro atoms. The zero-order chi connectivity index (χ0) is 13.4. The Morgan fingerprint density at radius 3 is 2.28 bits per heavy atom. The highest BCUT2D eigenvalue weighted by Gasteiger charge is 2.07. The lowest BCUT2D eigenvalue weighted by molar-refractivity contribution is 0.292. The molecule has 0 aliphatic rings. The predicted octanol–water partition coefficient (Wildman–Crippen LogP) is 0.317. The smallest absolute Gasteiger partial charge is 0.294 e. The van der Waals surface area contributed by atoms with Crippen molar-refractivity contribution in [1.82, 2.24) is 5.32 Å². The summed E-state index contributed by atoms with van der Waals surface area (Å²) in [6.45, 7) is 2.26. The van der Waals surface area contributed by atoms with Crippen molar-refractivity contribution in [3.63, 3.8) is 0 Å². The number of anilines is 1. The summed E-state index contributed by atoms with van der Waals surface area (Å²) in [5, 5.41) is 14.7. The summed E-state index contributed by atoms with van der Waals surface area (Å²) in [5.41, 5.74) is 0.796. The third kappa shape index (κ3) is 5.46. The Labute approximate surface area is 107 Å². The van der Waals surface area contributed by atoms with Crippen molar-refractivity contribution < 1.29 is 18.1 Å². The molecule has 1 aromatic rings. The summed E-state index contributed by atoms with van der Waals surface area (Å²) in [7, 11) is -4.12. The number of nitrogens with one attached hydrogen (secondary N) is 2. The van der Waals surface area contributed by atoms with Crippen molar-refractivity contribution in [2.75, 3.05) is 31.6 Å². The van der Waals surface area contributed by atoms with Crippen LogP contribution in [0.25, 0.3) is 0 Å². The van der Waals surface area contributed by atoms with Gasteiger partial charge in [0.05, 0.1) is 11.5 Å². The van der Waals surface area contributed by atoms with Gasteiger partial charge in [0.15, 0.2) is 0 Å². The van der Waals surface area contributed by atoms with Gasteiger partial charge in [0, 0.05) is 18.8 Å². The average molecular weight is 274 g/mol. The fourth-order valence-electron chi connectivity index (χ4n) is 1.39. The van der Waals surface area contributed by atoms with Gasteiger partial charge in [-0.15, -0.1) is 0 Å². The van der Waals surface area contributed by atoms with E-state index >= 15 is 0 Å². The summed E-state index contributed by atoms with van der Waals surface area (Å²) in [6, 6.07) is 5.90. The molecule has 0 heterocycles. The topological polar surface area (TPSA) is 98.7 Å². The van der Waals surface area contributed by atoms with Gasteiger partial charge in [-0.05, 0) is 37.2 Å². The number of rotatable bonds is 8. The minimum atomic E-state index is -4.12. The normalized spacial score (nSPS) is 11.4. The highest BCUT2D eigenvalue weighted by Crippen LogP contribution is 2.13. The molecule has 0 unspecified atom stereocenters. The van der Waals surface area contributed by atoms with Gasteiger partial charge in [-0.2, -0.15) is 8.42 Å². The molecule has 18 heavy (non-hydrogen) atoms. The molecule has 0 aromatic heterocycles. The van der Waals surface area contributed by atoms with Crippen molar-refractivity contribution in [1.29, 1.82) is 0 Å². The summed E-state index contributed by atoms with van der Waals surface area (Å²) < 4.78 is 30.4. The Morgan fingerprint density at radius 1 is 1.06 bits per heavy atom. The van der Waals surface area contributed by atoms with E-state index in [1.165, 1.54) is 12.1 Å². The van der Waals surface area contributed by atoms with E-state index in [-0.39, 0.29) is 11.5 Å². The molecule has 4 N–H and O–H groups in total. The van der Waals surface area contributed by atoms with Crippen LogP contribution in [0.4, 0.5) is 5.69 Å². The molecule has 0 fully saturated rings. The highest BCUT2D eigenvalue weighted by molar-refractivity contribution is 7.85. The quantitative estimate of drug-likeness (QED) is 0.402. The van der Waals surface area contributed by atoms with Gasteiger partial charge in [-0.3, -0.25) is 4.55 Å². The molecule has 102 valence electrons. The van der Waals surface area contributed by atoms with E-state index in [1.807, 2.05) is 0 Å².